The summed E-state index contributed by atoms with van der Waals surface area (Å²) in [5, 5.41) is 8.87. The summed E-state index contributed by atoms with van der Waals surface area (Å²) in [6.45, 7) is 3.94. The highest BCUT2D eigenvalue weighted by Gasteiger charge is 2.12. The number of carbonyl (C=O) groups is 1. The van der Waals surface area contributed by atoms with Crippen LogP contribution < -0.4 is 0 Å². The first-order chi connectivity index (χ1) is 7.50. The number of pyridine rings is 1. The number of imidazole rings is 1. The van der Waals surface area contributed by atoms with Crippen LogP contribution in [0.2, 0.25) is 0 Å². The van der Waals surface area contributed by atoms with E-state index in [1.807, 2.05) is 13.8 Å². The first kappa shape index (κ1) is 10.8. The number of nitrogens with one attached hydrogen (secondary N) is 1. The van der Waals surface area contributed by atoms with Crippen molar-refractivity contribution in [1.29, 1.82) is 0 Å². The second-order valence-electron chi connectivity index (χ2n) is 3.77. The molecule has 0 aliphatic heterocycles. The van der Waals surface area contributed by atoms with Gasteiger partial charge in [-0.25, -0.2) is 9.78 Å². The molecule has 2 N–H and O–H groups in total. The lowest BCUT2D eigenvalue weighted by Crippen LogP contribution is -2.05. The van der Waals surface area contributed by atoms with Gasteiger partial charge < -0.3 is 10.1 Å². The topological polar surface area (TPSA) is 70.9 Å². The first-order valence-electron chi connectivity index (χ1n) is 4.85. The SMILES string of the molecule is CC(C)n1c(=S)[nH]c2ccc(C(=O)O)nc21. The lowest BCUT2D eigenvalue weighted by atomic mass is 10.3. The second kappa shape index (κ2) is 3.71. The molecule has 2 rings (SSSR count). The molecule has 0 unspecified atom stereocenters. The lowest BCUT2D eigenvalue weighted by molar-refractivity contribution is 0.0691. The van der Waals surface area contributed by atoms with Crippen molar-refractivity contribution in [2.24, 2.45) is 0 Å². The largest absolute Gasteiger partial charge is 0.477 e. The predicted molar refractivity (Wildman–Crippen MR) is 62.3 cm³/mol. The lowest BCUT2D eigenvalue weighted by Gasteiger charge is -2.07. The fourth-order valence-electron chi connectivity index (χ4n) is 1.60. The highest BCUT2D eigenvalue weighted by atomic mass is 32.1. The van der Waals surface area contributed by atoms with Crippen molar-refractivity contribution in [2.45, 2.75) is 19.9 Å². The molecule has 0 saturated carbocycles. The van der Waals surface area contributed by atoms with Gasteiger partial charge in [0.25, 0.3) is 0 Å². The van der Waals surface area contributed by atoms with Crippen LogP contribution in [0.25, 0.3) is 11.2 Å². The number of nitrogens with zero attached hydrogens (tertiary/aromatic N) is 2. The maximum atomic E-state index is 10.8. The minimum Gasteiger partial charge on any atom is -0.477 e. The van der Waals surface area contributed by atoms with E-state index < -0.39 is 5.97 Å². The molecule has 84 valence electrons. The number of fused-ring (bicyclic) bond motifs is 1. The summed E-state index contributed by atoms with van der Waals surface area (Å²) in [6.07, 6.45) is 0. The smallest absolute Gasteiger partial charge is 0.354 e. The quantitative estimate of drug-likeness (QED) is 0.787. The molecule has 0 amide bonds. The molecule has 0 spiro atoms. The molecule has 0 aliphatic rings. The normalized spacial score (nSPS) is 11.2. The number of H-pyrrole nitrogens is 1. The van der Waals surface area contributed by atoms with Crippen LogP contribution in [-0.4, -0.2) is 25.6 Å². The zero-order valence-corrected chi connectivity index (χ0v) is 9.71. The highest BCUT2D eigenvalue weighted by molar-refractivity contribution is 7.71. The molecule has 16 heavy (non-hydrogen) atoms. The highest BCUT2D eigenvalue weighted by Crippen LogP contribution is 2.17. The van der Waals surface area contributed by atoms with Crippen LogP contribution in [0.15, 0.2) is 12.1 Å². The summed E-state index contributed by atoms with van der Waals surface area (Å²) >= 11 is 5.16. The molecular weight excluding hydrogens is 226 g/mol. The Morgan fingerprint density at radius 1 is 1.56 bits per heavy atom. The van der Waals surface area contributed by atoms with Crippen molar-refractivity contribution in [3.05, 3.63) is 22.6 Å². The molecule has 0 radical (unpaired) electrons. The van der Waals surface area contributed by atoms with Crippen LogP contribution in [0.3, 0.4) is 0 Å². The van der Waals surface area contributed by atoms with Gasteiger partial charge in [-0.05, 0) is 38.2 Å². The van der Waals surface area contributed by atoms with Gasteiger partial charge in [0.05, 0.1) is 5.52 Å². The number of aromatic amines is 1. The van der Waals surface area contributed by atoms with Crippen LogP contribution in [0.4, 0.5) is 0 Å². The minimum absolute atomic E-state index is 0.0240. The molecule has 0 aliphatic carbocycles. The van der Waals surface area contributed by atoms with Crippen LogP contribution >= 0.6 is 12.2 Å². The van der Waals surface area contributed by atoms with Gasteiger partial charge in [0.15, 0.2) is 16.1 Å². The van der Waals surface area contributed by atoms with E-state index in [2.05, 4.69) is 9.97 Å². The summed E-state index contributed by atoms with van der Waals surface area (Å²) in [5.74, 6) is -1.04. The Kier molecular flexibility index (Phi) is 2.51. The molecule has 2 aromatic rings. The average molecular weight is 237 g/mol. The monoisotopic (exact) mass is 237 g/mol. The van der Waals surface area contributed by atoms with Gasteiger partial charge >= 0.3 is 5.97 Å². The van der Waals surface area contributed by atoms with Gasteiger partial charge in [-0.15, -0.1) is 0 Å². The van der Waals surface area contributed by atoms with Crippen LogP contribution in [-0.2, 0) is 0 Å². The molecule has 0 aromatic carbocycles. The molecular formula is C10H11N3O2S. The minimum atomic E-state index is -1.04. The number of hydrogen-bond acceptors (Lipinski definition) is 3. The van der Waals surface area contributed by atoms with Crippen molar-refractivity contribution >= 4 is 29.4 Å². The van der Waals surface area contributed by atoms with Crippen molar-refractivity contribution in [1.82, 2.24) is 14.5 Å². The number of rotatable bonds is 2. The standard InChI is InChI=1S/C10H11N3O2S/c1-5(2)13-8-6(12-10(13)16)3-4-7(11-8)9(14)15/h3-5H,1-2H3,(H,12,16)(H,14,15). The van der Waals surface area contributed by atoms with E-state index >= 15 is 0 Å². The van der Waals surface area contributed by atoms with Gasteiger partial charge in [-0.1, -0.05) is 0 Å². The molecule has 0 fully saturated rings. The van der Waals surface area contributed by atoms with Gasteiger partial charge in [0, 0.05) is 6.04 Å². The maximum absolute atomic E-state index is 10.8. The van der Waals surface area contributed by atoms with E-state index in [9.17, 15) is 4.79 Å². The Bertz CT molecular complexity index is 612. The number of carboxylic acid groups (broad SMARTS) is 1. The summed E-state index contributed by atoms with van der Waals surface area (Å²) < 4.78 is 2.36. The Morgan fingerprint density at radius 3 is 2.81 bits per heavy atom. The van der Waals surface area contributed by atoms with E-state index in [0.29, 0.717) is 10.4 Å². The third kappa shape index (κ3) is 1.61. The van der Waals surface area contributed by atoms with Crippen molar-refractivity contribution in [3.63, 3.8) is 0 Å². The summed E-state index contributed by atoms with van der Waals surface area (Å²) in [7, 11) is 0. The molecule has 0 atom stereocenters. The number of aromatic nitrogens is 3. The third-order valence-corrected chi connectivity index (χ3v) is 2.60. The van der Waals surface area contributed by atoms with Crippen LogP contribution in [0.5, 0.6) is 0 Å². The predicted octanol–water partition coefficient (Wildman–Crippen LogP) is 2.37. The Morgan fingerprint density at radius 2 is 2.25 bits per heavy atom. The third-order valence-electron chi connectivity index (χ3n) is 2.30. The number of aromatic carboxylic acids is 1. The van der Waals surface area contributed by atoms with Gasteiger partial charge in [-0.2, -0.15) is 0 Å². The molecule has 2 heterocycles. The van der Waals surface area contributed by atoms with E-state index in [-0.39, 0.29) is 11.7 Å². The van der Waals surface area contributed by atoms with Crippen LogP contribution in [0, 0.1) is 4.77 Å². The maximum Gasteiger partial charge on any atom is 0.354 e. The summed E-state index contributed by atoms with van der Waals surface area (Å²) in [4.78, 5) is 17.9. The van der Waals surface area contributed by atoms with Gasteiger partial charge in [0.2, 0.25) is 0 Å². The summed E-state index contributed by atoms with van der Waals surface area (Å²) in [6, 6.07) is 3.28. The van der Waals surface area contributed by atoms with Gasteiger partial charge in [-0.3, -0.25) is 4.57 Å². The molecule has 6 heteroatoms. The zero-order valence-electron chi connectivity index (χ0n) is 8.89. The summed E-state index contributed by atoms with van der Waals surface area (Å²) in [5.41, 5.74) is 1.36. The molecule has 0 saturated heterocycles. The molecule has 5 nitrogen and oxygen atoms in total. The Balaban J connectivity index is 2.79. The second-order valence-corrected chi connectivity index (χ2v) is 4.15. The first-order valence-corrected chi connectivity index (χ1v) is 5.26. The Labute approximate surface area is 96.7 Å². The Hall–Kier alpha value is -1.69. The van der Waals surface area contributed by atoms with Crippen molar-refractivity contribution in [2.75, 3.05) is 0 Å². The van der Waals surface area contributed by atoms with E-state index in [4.69, 9.17) is 17.3 Å². The zero-order chi connectivity index (χ0) is 11.9. The molecule has 0 bridgehead atoms. The number of hydrogen-bond donors (Lipinski definition) is 2. The number of carboxylic acids is 1. The molecule has 2 aromatic heterocycles. The average Bonchev–Trinajstić information content (AvgIpc) is 2.51. The fourth-order valence-corrected chi connectivity index (χ4v) is 2.01. The van der Waals surface area contributed by atoms with Crippen LogP contribution in [0.1, 0.15) is 30.4 Å². The fraction of sp³-hybridized carbons (Fsp3) is 0.300. The van der Waals surface area contributed by atoms with E-state index in [1.165, 1.54) is 6.07 Å². The van der Waals surface area contributed by atoms with Gasteiger partial charge in [0.1, 0.15) is 0 Å². The van der Waals surface area contributed by atoms with Crippen molar-refractivity contribution in [3.8, 4) is 0 Å². The van der Waals surface area contributed by atoms with E-state index in [1.54, 1.807) is 10.6 Å². The van der Waals surface area contributed by atoms with Crippen molar-refractivity contribution < 1.29 is 9.90 Å². The van der Waals surface area contributed by atoms with E-state index in [0.717, 1.165) is 5.52 Å².